The molecule has 1 fully saturated rings. The molecule has 1 aliphatic heterocycles. The average Bonchev–Trinajstić information content (AvgIpc) is 2.62. The van der Waals surface area contributed by atoms with Crippen molar-refractivity contribution in [1.82, 2.24) is 0 Å². The molecule has 2 amide bonds. The predicted octanol–water partition coefficient (Wildman–Crippen LogP) is 2.34. The van der Waals surface area contributed by atoms with Gasteiger partial charge in [-0.25, -0.2) is 4.90 Å². The molecule has 2 N–H and O–H groups in total. The first kappa shape index (κ1) is 12.6. The molecule has 1 heterocycles. The molecule has 1 aliphatic rings. The Balaban J connectivity index is 2.45. The highest BCUT2D eigenvalue weighted by atomic mass is 16.2. The lowest BCUT2D eigenvalue weighted by molar-refractivity contribution is -0.126. The van der Waals surface area contributed by atoms with Crippen LogP contribution in [0.3, 0.4) is 0 Å². The number of carbonyl (C=O) groups excluding carboxylic acids is 2. The van der Waals surface area contributed by atoms with Crippen LogP contribution in [0.25, 0.3) is 0 Å². The summed E-state index contributed by atoms with van der Waals surface area (Å²) in [5, 5.41) is 0. The number of anilines is 2. The normalized spacial score (nSPS) is 18.4. The molecule has 0 bridgehead atoms. The second kappa shape index (κ2) is 4.44. The lowest BCUT2D eigenvalue weighted by Crippen LogP contribution is -2.35. The highest BCUT2D eigenvalue weighted by Crippen LogP contribution is 2.42. The molecular formula is C14H18N2O2. The number of amides is 2. The standard InChI is InChI=1S/C14H18N2O2/c1-3-14(4-2)9-12(17)16(13(14)18)11-8-6-5-7-10(11)15/h5-8H,3-4,9,15H2,1-2H3. The van der Waals surface area contributed by atoms with Crippen LogP contribution in [0, 0.1) is 5.41 Å². The molecule has 0 aliphatic carbocycles. The number of rotatable bonds is 3. The van der Waals surface area contributed by atoms with Crippen LogP contribution >= 0.6 is 0 Å². The van der Waals surface area contributed by atoms with Gasteiger partial charge in [-0.15, -0.1) is 0 Å². The third-order valence-electron chi connectivity index (χ3n) is 3.93. The number of para-hydroxylation sites is 2. The van der Waals surface area contributed by atoms with Crippen molar-refractivity contribution >= 4 is 23.2 Å². The van der Waals surface area contributed by atoms with Crippen molar-refractivity contribution in [2.45, 2.75) is 33.1 Å². The van der Waals surface area contributed by atoms with E-state index in [1.165, 1.54) is 4.90 Å². The Morgan fingerprint density at radius 3 is 2.33 bits per heavy atom. The third kappa shape index (κ3) is 1.68. The Labute approximate surface area is 107 Å². The van der Waals surface area contributed by atoms with E-state index in [0.29, 0.717) is 24.2 Å². The second-order valence-electron chi connectivity index (χ2n) is 4.76. The van der Waals surface area contributed by atoms with Gasteiger partial charge in [-0.1, -0.05) is 26.0 Å². The minimum absolute atomic E-state index is 0.115. The Morgan fingerprint density at radius 2 is 1.83 bits per heavy atom. The smallest absolute Gasteiger partial charge is 0.240 e. The van der Waals surface area contributed by atoms with Crippen LogP contribution in [0.2, 0.25) is 0 Å². The molecular weight excluding hydrogens is 228 g/mol. The lowest BCUT2D eigenvalue weighted by atomic mass is 9.81. The van der Waals surface area contributed by atoms with E-state index in [0.717, 1.165) is 0 Å². The summed E-state index contributed by atoms with van der Waals surface area (Å²) in [5.74, 6) is -0.267. The van der Waals surface area contributed by atoms with Gasteiger partial charge in [0.25, 0.3) is 0 Å². The number of carbonyl (C=O) groups is 2. The fraction of sp³-hybridized carbons (Fsp3) is 0.429. The number of nitrogens with zero attached hydrogens (tertiary/aromatic N) is 1. The van der Waals surface area contributed by atoms with Crippen molar-refractivity contribution in [2.24, 2.45) is 5.41 Å². The summed E-state index contributed by atoms with van der Waals surface area (Å²) in [5.41, 5.74) is 6.28. The average molecular weight is 246 g/mol. The van der Waals surface area contributed by atoms with Crippen molar-refractivity contribution in [3.05, 3.63) is 24.3 Å². The molecule has 96 valence electrons. The van der Waals surface area contributed by atoms with Crippen LogP contribution in [0.4, 0.5) is 11.4 Å². The van der Waals surface area contributed by atoms with Crippen LogP contribution in [-0.2, 0) is 9.59 Å². The van der Waals surface area contributed by atoms with Gasteiger partial charge in [0, 0.05) is 6.42 Å². The van der Waals surface area contributed by atoms with Crippen LogP contribution in [0.15, 0.2) is 24.3 Å². The Hall–Kier alpha value is -1.84. The largest absolute Gasteiger partial charge is 0.397 e. The molecule has 4 nitrogen and oxygen atoms in total. The number of hydrogen-bond donors (Lipinski definition) is 1. The van der Waals surface area contributed by atoms with Crippen molar-refractivity contribution in [3.63, 3.8) is 0 Å². The summed E-state index contributed by atoms with van der Waals surface area (Å²) in [6.07, 6.45) is 1.64. The minimum Gasteiger partial charge on any atom is -0.397 e. The van der Waals surface area contributed by atoms with E-state index in [-0.39, 0.29) is 18.2 Å². The topological polar surface area (TPSA) is 63.4 Å². The highest BCUT2D eigenvalue weighted by Gasteiger charge is 2.49. The van der Waals surface area contributed by atoms with E-state index in [1.807, 2.05) is 13.8 Å². The molecule has 2 rings (SSSR count). The van der Waals surface area contributed by atoms with Crippen LogP contribution in [0.5, 0.6) is 0 Å². The molecule has 1 saturated heterocycles. The van der Waals surface area contributed by atoms with E-state index in [9.17, 15) is 9.59 Å². The van der Waals surface area contributed by atoms with Gasteiger partial charge in [0.05, 0.1) is 16.8 Å². The summed E-state index contributed by atoms with van der Waals surface area (Å²) >= 11 is 0. The van der Waals surface area contributed by atoms with E-state index in [1.54, 1.807) is 24.3 Å². The maximum atomic E-state index is 12.5. The van der Waals surface area contributed by atoms with Gasteiger partial charge in [-0.2, -0.15) is 0 Å². The first-order valence-corrected chi connectivity index (χ1v) is 6.27. The zero-order valence-corrected chi connectivity index (χ0v) is 10.8. The molecule has 18 heavy (non-hydrogen) atoms. The van der Waals surface area contributed by atoms with Gasteiger partial charge in [-0.05, 0) is 25.0 Å². The Morgan fingerprint density at radius 1 is 1.22 bits per heavy atom. The number of benzene rings is 1. The third-order valence-corrected chi connectivity index (χ3v) is 3.93. The van der Waals surface area contributed by atoms with E-state index in [4.69, 9.17) is 5.73 Å². The monoisotopic (exact) mass is 246 g/mol. The second-order valence-corrected chi connectivity index (χ2v) is 4.76. The van der Waals surface area contributed by atoms with Crippen molar-refractivity contribution in [3.8, 4) is 0 Å². The molecule has 0 saturated carbocycles. The minimum atomic E-state index is -0.542. The summed E-state index contributed by atoms with van der Waals surface area (Å²) < 4.78 is 0. The zero-order chi connectivity index (χ0) is 13.3. The first-order valence-electron chi connectivity index (χ1n) is 6.27. The van der Waals surface area contributed by atoms with Gasteiger partial charge in [0.15, 0.2) is 0 Å². The molecule has 4 heteroatoms. The van der Waals surface area contributed by atoms with Crippen LogP contribution in [-0.4, -0.2) is 11.8 Å². The fourth-order valence-electron chi connectivity index (χ4n) is 2.53. The van der Waals surface area contributed by atoms with Gasteiger partial charge in [-0.3, -0.25) is 9.59 Å². The molecule has 0 unspecified atom stereocenters. The predicted molar refractivity (Wildman–Crippen MR) is 71.0 cm³/mol. The van der Waals surface area contributed by atoms with Crippen molar-refractivity contribution in [2.75, 3.05) is 10.6 Å². The van der Waals surface area contributed by atoms with E-state index in [2.05, 4.69) is 0 Å². The summed E-state index contributed by atoms with van der Waals surface area (Å²) in [4.78, 5) is 25.9. The van der Waals surface area contributed by atoms with Gasteiger partial charge in [0.2, 0.25) is 11.8 Å². The Bertz CT molecular complexity index is 492. The maximum absolute atomic E-state index is 12.5. The number of nitrogen functional groups attached to an aromatic ring is 1. The quantitative estimate of drug-likeness (QED) is 0.657. The molecule has 0 atom stereocenters. The summed E-state index contributed by atoms with van der Waals surface area (Å²) in [7, 11) is 0. The number of imide groups is 1. The van der Waals surface area contributed by atoms with E-state index >= 15 is 0 Å². The fourth-order valence-corrected chi connectivity index (χ4v) is 2.53. The van der Waals surface area contributed by atoms with Crippen molar-refractivity contribution < 1.29 is 9.59 Å². The molecule has 0 radical (unpaired) electrons. The maximum Gasteiger partial charge on any atom is 0.240 e. The molecule has 1 aromatic rings. The summed E-state index contributed by atoms with van der Waals surface area (Å²) in [6.45, 7) is 3.90. The van der Waals surface area contributed by atoms with Gasteiger partial charge < -0.3 is 5.73 Å². The SMILES string of the molecule is CCC1(CC)CC(=O)N(c2ccccc2N)C1=O. The molecule has 1 aromatic carbocycles. The Kier molecular flexibility index (Phi) is 3.11. The summed E-state index contributed by atoms with van der Waals surface area (Å²) in [6, 6.07) is 6.99. The van der Waals surface area contributed by atoms with Crippen LogP contribution < -0.4 is 10.6 Å². The molecule has 0 spiro atoms. The zero-order valence-electron chi connectivity index (χ0n) is 10.8. The lowest BCUT2D eigenvalue weighted by Gasteiger charge is -2.24. The van der Waals surface area contributed by atoms with E-state index < -0.39 is 5.41 Å². The van der Waals surface area contributed by atoms with Gasteiger partial charge >= 0.3 is 0 Å². The highest BCUT2D eigenvalue weighted by molar-refractivity contribution is 6.23. The number of nitrogens with two attached hydrogens (primary N) is 1. The first-order chi connectivity index (χ1) is 8.55. The number of hydrogen-bond acceptors (Lipinski definition) is 3. The van der Waals surface area contributed by atoms with Crippen LogP contribution in [0.1, 0.15) is 33.1 Å². The van der Waals surface area contributed by atoms with Gasteiger partial charge in [0.1, 0.15) is 0 Å². The molecule has 0 aromatic heterocycles. The van der Waals surface area contributed by atoms with Crippen molar-refractivity contribution in [1.29, 1.82) is 0 Å².